The lowest BCUT2D eigenvalue weighted by Gasteiger charge is -2.29. The Bertz CT molecular complexity index is 732. The molecule has 1 amide bonds. The number of nitrogens with zero attached hydrogens (tertiary/aromatic N) is 1. The summed E-state index contributed by atoms with van der Waals surface area (Å²) in [6.45, 7) is 6.66. The number of nitrogens with one attached hydrogen (secondary N) is 1. The molecule has 1 heterocycles. The molecule has 0 unspecified atom stereocenters. The van der Waals surface area contributed by atoms with Crippen LogP contribution in [0.3, 0.4) is 0 Å². The minimum Gasteiger partial charge on any atom is -0.494 e. The molecule has 1 N–H and O–H groups in total. The van der Waals surface area contributed by atoms with Crippen LogP contribution >= 0.6 is 0 Å². The van der Waals surface area contributed by atoms with Gasteiger partial charge in [-0.3, -0.25) is 9.78 Å². The van der Waals surface area contributed by atoms with Crippen molar-refractivity contribution < 1.29 is 14.3 Å². The van der Waals surface area contributed by atoms with Gasteiger partial charge in [0.05, 0.1) is 12.8 Å². The van der Waals surface area contributed by atoms with Gasteiger partial charge in [-0.05, 0) is 44.0 Å². The zero-order chi connectivity index (χ0) is 19.0. The second-order valence-electron chi connectivity index (χ2n) is 6.71. The Morgan fingerprint density at radius 1 is 1.19 bits per heavy atom. The van der Waals surface area contributed by atoms with Crippen LogP contribution in [0.15, 0.2) is 30.5 Å². The molecule has 0 saturated carbocycles. The lowest BCUT2D eigenvalue weighted by atomic mass is 9.96. The van der Waals surface area contributed by atoms with Crippen LogP contribution in [0, 0.1) is 0 Å². The van der Waals surface area contributed by atoms with Crippen LogP contribution < -0.4 is 10.1 Å². The van der Waals surface area contributed by atoms with Gasteiger partial charge in [-0.2, -0.15) is 0 Å². The van der Waals surface area contributed by atoms with Gasteiger partial charge in [0.25, 0.3) is 5.91 Å². The first-order chi connectivity index (χ1) is 12.6. The minimum absolute atomic E-state index is 0.114. The van der Waals surface area contributed by atoms with Crippen LogP contribution in [0.25, 0.3) is 10.9 Å². The molecule has 0 saturated heterocycles. The highest BCUT2D eigenvalue weighted by Crippen LogP contribution is 2.31. The highest BCUT2D eigenvalue weighted by Gasteiger charge is 2.34. The molecule has 2 aromatic rings. The molecular formula is C21H30N2O3. The normalized spacial score (nSPS) is 13.4. The monoisotopic (exact) mass is 358 g/mol. The highest BCUT2D eigenvalue weighted by molar-refractivity contribution is 6.05. The summed E-state index contributed by atoms with van der Waals surface area (Å²) in [5.74, 6) is 0.573. The second-order valence-corrected chi connectivity index (χ2v) is 6.71. The number of fused-ring (bicyclic) bond motifs is 1. The van der Waals surface area contributed by atoms with Crippen LogP contribution in [0.2, 0.25) is 0 Å². The molecule has 142 valence electrons. The Morgan fingerprint density at radius 2 is 2.00 bits per heavy atom. The molecule has 0 radical (unpaired) electrons. The number of methoxy groups -OCH3 is 1. The summed E-state index contributed by atoms with van der Waals surface area (Å²) in [4.78, 5) is 17.4. The Balaban J connectivity index is 2.26. The number of benzene rings is 1. The van der Waals surface area contributed by atoms with Gasteiger partial charge in [0.2, 0.25) is 0 Å². The van der Waals surface area contributed by atoms with Gasteiger partial charge in [-0.25, -0.2) is 0 Å². The Morgan fingerprint density at radius 3 is 2.69 bits per heavy atom. The number of rotatable bonds is 10. The molecule has 5 heteroatoms. The number of carbonyl (C=O) groups is 1. The standard InChI is InChI=1S/C21H30N2O3/c1-5-7-8-13-21(3,26-15-6-2)20(24)23-17-11-12-18(25-4)19-16(17)10-9-14-22-19/h9-12,14H,5-8,13,15H2,1-4H3,(H,23,24)/t21-/m1/s1. The molecule has 1 aromatic carbocycles. The van der Waals surface area contributed by atoms with E-state index in [1.807, 2.05) is 38.1 Å². The first kappa shape index (κ1) is 20.2. The molecule has 2 rings (SSSR count). The molecule has 0 aliphatic heterocycles. The first-order valence-electron chi connectivity index (χ1n) is 9.42. The number of anilines is 1. The largest absolute Gasteiger partial charge is 0.494 e. The third-order valence-corrected chi connectivity index (χ3v) is 4.56. The van der Waals surface area contributed by atoms with Gasteiger partial charge in [0.15, 0.2) is 0 Å². The number of carbonyl (C=O) groups excluding carboxylic acids is 1. The van der Waals surface area contributed by atoms with Crippen molar-refractivity contribution in [1.82, 2.24) is 4.98 Å². The maximum atomic E-state index is 13.0. The molecule has 0 aliphatic carbocycles. The molecule has 26 heavy (non-hydrogen) atoms. The van der Waals surface area contributed by atoms with Gasteiger partial charge >= 0.3 is 0 Å². The fourth-order valence-electron chi connectivity index (χ4n) is 2.97. The molecular weight excluding hydrogens is 328 g/mol. The number of pyridine rings is 1. The number of hydrogen-bond acceptors (Lipinski definition) is 4. The van der Waals surface area contributed by atoms with E-state index in [0.29, 0.717) is 18.8 Å². The molecule has 1 aromatic heterocycles. The molecule has 0 aliphatic rings. The Kier molecular flexibility index (Phi) is 7.39. The third-order valence-electron chi connectivity index (χ3n) is 4.56. The van der Waals surface area contributed by atoms with E-state index in [4.69, 9.17) is 9.47 Å². The number of amides is 1. The van der Waals surface area contributed by atoms with E-state index in [-0.39, 0.29) is 5.91 Å². The van der Waals surface area contributed by atoms with Gasteiger partial charge in [0.1, 0.15) is 16.9 Å². The third kappa shape index (κ3) is 4.73. The van der Waals surface area contributed by atoms with E-state index in [1.165, 1.54) is 0 Å². The average molecular weight is 358 g/mol. The van der Waals surface area contributed by atoms with E-state index in [9.17, 15) is 4.79 Å². The highest BCUT2D eigenvalue weighted by atomic mass is 16.5. The quantitative estimate of drug-likeness (QED) is 0.611. The van der Waals surface area contributed by atoms with Gasteiger partial charge in [-0.15, -0.1) is 0 Å². The predicted octanol–water partition coefficient (Wildman–Crippen LogP) is 4.95. The van der Waals surface area contributed by atoms with Crippen molar-refractivity contribution in [2.75, 3.05) is 19.0 Å². The average Bonchev–Trinajstić information content (AvgIpc) is 2.66. The maximum Gasteiger partial charge on any atom is 0.256 e. The van der Waals surface area contributed by atoms with E-state index in [2.05, 4.69) is 17.2 Å². The van der Waals surface area contributed by atoms with E-state index < -0.39 is 5.60 Å². The van der Waals surface area contributed by atoms with Crippen molar-refractivity contribution in [2.45, 2.75) is 58.5 Å². The molecule has 1 atom stereocenters. The lowest BCUT2D eigenvalue weighted by Crippen LogP contribution is -2.43. The van der Waals surface area contributed by atoms with E-state index in [0.717, 1.165) is 42.3 Å². The van der Waals surface area contributed by atoms with Crippen molar-refractivity contribution in [3.8, 4) is 5.75 Å². The SMILES string of the molecule is CCCCC[C@@](C)(OCCC)C(=O)Nc1ccc(OC)c2ncccc12. The first-order valence-corrected chi connectivity index (χ1v) is 9.42. The Hall–Kier alpha value is -2.14. The number of aromatic nitrogens is 1. The fraction of sp³-hybridized carbons (Fsp3) is 0.524. The number of hydrogen-bond donors (Lipinski definition) is 1. The summed E-state index contributed by atoms with van der Waals surface area (Å²) in [6, 6.07) is 7.46. The molecule has 0 spiro atoms. The van der Waals surface area contributed by atoms with Crippen molar-refractivity contribution in [3.63, 3.8) is 0 Å². The zero-order valence-corrected chi connectivity index (χ0v) is 16.3. The van der Waals surface area contributed by atoms with Crippen LogP contribution in [0.1, 0.15) is 52.9 Å². The smallest absolute Gasteiger partial charge is 0.256 e. The lowest BCUT2D eigenvalue weighted by molar-refractivity contribution is -0.140. The number of ether oxygens (including phenoxy) is 2. The topological polar surface area (TPSA) is 60.5 Å². The maximum absolute atomic E-state index is 13.0. The second kappa shape index (κ2) is 9.53. The zero-order valence-electron chi connectivity index (χ0n) is 16.3. The molecule has 0 bridgehead atoms. The minimum atomic E-state index is -0.834. The summed E-state index contributed by atoms with van der Waals surface area (Å²) >= 11 is 0. The van der Waals surface area contributed by atoms with Crippen molar-refractivity contribution in [1.29, 1.82) is 0 Å². The van der Waals surface area contributed by atoms with E-state index in [1.54, 1.807) is 13.3 Å². The van der Waals surface area contributed by atoms with Gasteiger partial charge in [0, 0.05) is 18.2 Å². The van der Waals surface area contributed by atoms with Crippen molar-refractivity contribution >= 4 is 22.5 Å². The van der Waals surface area contributed by atoms with Crippen molar-refractivity contribution in [3.05, 3.63) is 30.5 Å². The van der Waals surface area contributed by atoms with Crippen molar-refractivity contribution in [2.24, 2.45) is 0 Å². The predicted molar refractivity (Wildman–Crippen MR) is 106 cm³/mol. The van der Waals surface area contributed by atoms with Crippen LogP contribution in [0.4, 0.5) is 5.69 Å². The number of unbranched alkanes of at least 4 members (excludes halogenated alkanes) is 2. The van der Waals surface area contributed by atoms with E-state index >= 15 is 0 Å². The molecule has 5 nitrogen and oxygen atoms in total. The summed E-state index contributed by atoms with van der Waals surface area (Å²) in [6.07, 6.45) is 6.48. The van der Waals surface area contributed by atoms with Gasteiger partial charge < -0.3 is 14.8 Å². The van der Waals surface area contributed by atoms with Crippen LogP contribution in [-0.2, 0) is 9.53 Å². The summed E-state index contributed by atoms with van der Waals surface area (Å²) < 4.78 is 11.3. The van der Waals surface area contributed by atoms with Crippen LogP contribution in [0.5, 0.6) is 5.75 Å². The summed E-state index contributed by atoms with van der Waals surface area (Å²) in [5.41, 5.74) is 0.621. The van der Waals surface area contributed by atoms with Crippen LogP contribution in [-0.4, -0.2) is 30.2 Å². The van der Waals surface area contributed by atoms with Gasteiger partial charge in [-0.1, -0.05) is 33.1 Å². The summed E-state index contributed by atoms with van der Waals surface area (Å²) in [5, 5.41) is 3.91. The fourth-order valence-corrected chi connectivity index (χ4v) is 2.97. The summed E-state index contributed by atoms with van der Waals surface area (Å²) in [7, 11) is 1.62. The Labute approximate surface area is 156 Å². The molecule has 0 fully saturated rings.